The average molecular weight is 286 g/mol. The van der Waals surface area contributed by atoms with Gasteiger partial charge in [0.15, 0.2) is 0 Å². The third-order valence-corrected chi connectivity index (χ3v) is 3.63. The molecule has 0 aromatic carbocycles. The maximum atomic E-state index is 12.0. The molecular formula is C14H26N2O4. The van der Waals surface area contributed by atoms with E-state index in [0.717, 1.165) is 19.4 Å². The minimum Gasteiger partial charge on any atom is -0.481 e. The number of hydrogen-bond donors (Lipinski definition) is 2. The van der Waals surface area contributed by atoms with Gasteiger partial charge in [-0.2, -0.15) is 0 Å². The standard InChI is InChI=1S/C14H26N2O4/c1-3-16(10-12-7-5-9-20-12)14(19)15-8-4-6-11(2)13(17)18/h11-12H,3-10H2,1-2H3,(H,15,19)(H,17,18). The molecule has 6 nitrogen and oxygen atoms in total. The summed E-state index contributed by atoms with van der Waals surface area (Å²) < 4.78 is 5.53. The molecule has 0 aromatic heterocycles. The van der Waals surface area contributed by atoms with Gasteiger partial charge in [0, 0.05) is 26.2 Å². The molecule has 2 amide bonds. The fourth-order valence-electron chi connectivity index (χ4n) is 2.23. The van der Waals surface area contributed by atoms with E-state index in [1.807, 2.05) is 6.92 Å². The zero-order valence-corrected chi connectivity index (χ0v) is 12.4. The van der Waals surface area contributed by atoms with Crippen LogP contribution in [0.5, 0.6) is 0 Å². The Morgan fingerprint density at radius 2 is 2.25 bits per heavy atom. The van der Waals surface area contributed by atoms with Crippen molar-refractivity contribution in [1.82, 2.24) is 10.2 Å². The quantitative estimate of drug-likeness (QED) is 0.666. The highest BCUT2D eigenvalue weighted by Crippen LogP contribution is 2.13. The van der Waals surface area contributed by atoms with Gasteiger partial charge in [-0.1, -0.05) is 6.92 Å². The fourth-order valence-corrected chi connectivity index (χ4v) is 2.23. The van der Waals surface area contributed by atoms with E-state index < -0.39 is 5.97 Å². The number of carbonyl (C=O) groups excluding carboxylic acids is 1. The van der Waals surface area contributed by atoms with E-state index in [1.165, 1.54) is 0 Å². The number of hydrogen-bond acceptors (Lipinski definition) is 3. The van der Waals surface area contributed by atoms with Crippen LogP contribution in [0.25, 0.3) is 0 Å². The molecule has 2 N–H and O–H groups in total. The van der Waals surface area contributed by atoms with E-state index in [0.29, 0.717) is 32.5 Å². The number of carboxylic acids is 1. The number of carbonyl (C=O) groups is 2. The smallest absolute Gasteiger partial charge is 0.317 e. The summed E-state index contributed by atoms with van der Waals surface area (Å²) in [5, 5.41) is 11.6. The molecule has 0 spiro atoms. The summed E-state index contributed by atoms with van der Waals surface area (Å²) >= 11 is 0. The second-order valence-electron chi connectivity index (χ2n) is 5.29. The predicted octanol–water partition coefficient (Wildman–Crippen LogP) is 1.70. The molecular weight excluding hydrogens is 260 g/mol. The zero-order chi connectivity index (χ0) is 15.0. The molecule has 20 heavy (non-hydrogen) atoms. The Hall–Kier alpha value is -1.30. The number of aliphatic carboxylic acids is 1. The van der Waals surface area contributed by atoms with Crippen molar-refractivity contribution < 1.29 is 19.4 Å². The Morgan fingerprint density at radius 1 is 1.50 bits per heavy atom. The Morgan fingerprint density at radius 3 is 2.80 bits per heavy atom. The molecule has 0 aromatic rings. The number of urea groups is 1. The third-order valence-electron chi connectivity index (χ3n) is 3.63. The maximum absolute atomic E-state index is 12.0. The Balaban J connectivity index is 2.20. The van der Waals surface area contributed by atoms with E-state index >= 15 is 0 Å². The third kappa shape index (κ3) is 5.77. The van der Waals surface area contributed by atoms with Crippen LogP contribution >= 0.6 is 0 Å². The number of amides is 2. The number of likely N-dealkylation sites (N-methyl/N-ethyl adjacent to an activating group) is 1. The first-order chi connectivity index (χ1) is 9.54. The molecule has 2 unspecified atom stereocenters. The number of carboxylic acid groups (broad SMARTS) is 1. The van der Waals surface area contributed by atoms with Crippen LogP contribution in [0.4, 0.5) is 4.79 Å². The molecule has 1 heterocycles. The van der Waals surface area contributed by atoms with Gasteiger partial charge >= 0.3 is 12.0 Å². The number of nitrogens with one attached hydrogen (secondary N) is 1. The lowest BCUT2D eigenvalue weighted by Gasteiger charge is -2.24. The lowest BCUT2D eigenvalue weighted by molar-refractivity contribution is -0.141. The van der Waals surface area contributed by atoms with E-state index in [2.05, 4.69) is 5.32 Å². The van der Waals surface area contributed by atoms with Crippen LogP contribution in [0, 0.1) is 5.92 Å². The van der Waals surface area contributed by atoms with Crippen molar-refractivity contribution in [2.75, 3.05) is 26.2 Å². The summed E-state index contributed by atoms with van der Waals surface area (Å²) in [5.74, 6) is -1.15. The van der Waals surface area contributed by atoms with Crippen molar-refractivity contribution in [2.24, 2.45) is 5.92 Å². The molecule has 2 atom stereocenters. The highest BCUT2D eigenvalue weighted by atomic mass is 16.5. The fraction of sp³-hybridized carbons (Fsp3) is 0.857. The van der Waals surface area contributed by atoms with Crippen molar-refractivity contribution >= 4 is 12.0 Å². The van der Waals surface area contributed by atoms with Gasteiger partial charge in [-0.3, -0.25) is 4.79 Å². The second kappa shape index (κ2) is 8.79. The highest BCUT2D eigenvalue weighted by Gasteiger charge is 2.21. The zero-order valence-electron chi connectivity index (χ0n) is 12.4. The average Bonchev–Trinajstić information content (AvgIpc) is 2.93. The summed E-state index contributed by atoms with van der Waals surface area (Å²) in [4.78, 5) is 24.4. The van der Waals surface area contributed by atoms with E-state index in [9.17, 15) is 9.59 Å². The Bertz CT molecular complexity index is 316. The maximum Gasteiger partial charge on any atom is 0.317 e. The van der Waals surface area contributed by atoms with Gasteiger partial charge in [0.05, 0.1) is 12.0 Å². The van der Waals surface area contributed by atoms with Crippen molar-refractivity contribution in [3.63, 3.8) is 0 Å². The lowest BCUT2D eigenvalue weighted by atomic mass is 10.1. The van der Waals surface area contributed by atoms with Crippen LogP contribution in [0.2, 0.25) is 0 Å². The normalized spacial score (nSPS) is 19.6. The van der Waals surface area contributed by atoms with Crippen LogP contribution in [0.1, 0.15) is 39.5 Å². The molecule has 1 aliphatic rings. The summed E-state index contributed by atoms with van der Waals surface area (Å²) in [5.41, 5.74) is 0. The highest BCUT2D eigenvalue weighted by molar-refractivity contribution is 5.74. The van der Waals surface area contributed by atoms with Gasteiger partial charge in [-0.25, -0.2) is 4.79 Å². The minimum atomic E-state index is -0.787. The SMILES string of the molecule is CCN(CC1CCCO1)C(=O)NCCCC(C)C(=O)O. The minimum absolute atomic E-state index is 0.0917. The summed E-state index contributed by atoms with van der Waals surface area (Å²) in [7, 11) is 0. The number of nitrogens with zero attached hydrogens (tertiary/aromatic N) is 1. The predicted molar refractivity (Wildman–Crippen MR) is 75.7 cm³/mol. The molecule has 116 valence electrons. The molecule has 0 aliphatic carbocycles. The van der Waals surface area contributed by atoms with Gasteiger partial charge in [-0.15, -0.1) is 0 Å². The van der Waals surface area contributed by atoms with E-state index in [4.69, 9.17) is 9.84 Å². The van der Waals surface area contributed by atoms with Crippen LogP contribution in [0.15, 0.2) is 0 Å². The van der Waals surface area contributed by atoms with Crippen LogP contribution in [0.3, 0.4) is 0 Å². The van der Waals surface area contributed by atoms with E-state index in [-0.39, 0.29) is 18.1 Å². The Labute approximate surface area is 120 Å². The van der Waals surface area contributed by atoms with Gasteiger partial charge < -0.3 is 20.1 Å². The van der Waals surface area contributed by atoms with Crippen molar-refractivity contribution in [1.29, 1.82) is 0 Å². The summed E-state index contributed by atoms with van der Waals surface area (Å²) in [6, 6.07) is -0.0917. The second-order valence-corrected chi connectivity index (χ2v) is 5.29. The van der Waals surface area contributed by atoms with Crippen molar-refractivity contribution in [2.45, 2.75) is 45.6 Å². The van der Waals surface area contributed by atoms with Crippen LogP contribution in [-0.2, 0) is 9.53 Å². The largest absolute Gasteiger partial charge is 0.481 e. The molecule has 1 rings (SSSR count). The van der Waals surface area contributed by atoms with Gasteiger partial charge in [-0.05, 0) is 32.6 Å². The Kier molecular flexibility index (Phi) is 7.36. The van der Waals surface area contributed by atoms with Gasteiger partial charge in [0.2, 0.25) is 0 Å². The molecule has 0 saturated carbocycles. The van der Waals surface area contributed by atoms with Crippen molar-refractivity contribution in [3.05, 3.63) is 0 Å². The van der Waals surface area contributed by atoms with Crippen LogP contribution in [-0.4, -0.2) is 54.4 Å². The molecule has 1 saturated heterocycles. The van der Waals surface area contributed by atoms with Crippen LogP contribution < -0.4 is 5.32 Å². The number of ether oxygens (including phenoxy) is 1. The molecule has 6 heteroatoms. The lowest BCUT2D eigenvalue weighted by Crippen LogP contribution is -2.43. The molecule has 0 bridgehead atoms. The first-order valence-corrected chi connectivity index (χ1v) is 7.41. The van der Waals surface area contributed by atoms with Gasteiger partial charge in [0.25, 0.3) is 0 Å². The topological polar surface area (TPSA) is 78.9 Å². The molecule has 0 radical (unpaired) electrons. The first-order valence-electron chi connectivity index (χ1n) is 7.41. The number of rotatable bonds is 8. The summed E-state index contributed by atoms with van der Waals surface area (Å²) in [6.45, 7) is 6.21. The summed E-state index contributed by atoms with van der Waals surface area (Å²) in [6.07, 6.45) is 3.49. The van der Waals surface area contributed by atoms with Crippen molar-refractivity contribution in [3.8, 4) is 0 Å². The molecule has 1 fully saturated rings. The van der Waals surface area contributed by atoms with E-state index in [1.54, 1.807) is 11.8 Å². The first kappa shape index (κ1) is 16.8. The monoisotopic (exact) mass is 286 g/mol. The van der Waals surface area contributed by atoms with Gasteiger partial charge in [0.1, 0.15) is 0 Å². The molecule has 1 aliphatic heterocycles.